The molecule has 0 fully saturated rings. The first-order chi connectivity index (χ1) is 8.31. The van der Waals surface area contributed by atoms with Crippen LogP contribution in [0.5, 0.6) is 5.75 Å². The molecule has 0 radical (unpaired) electrons. The van der Waals surface area contributed by atoms with E-state index in [-0.39, 0.29) is 0 Å². The van der Waals surface area contributed by atoms with Gasteiger partial charge in [0.1, 0.15) is 11.1 Å². The zero-order valence-corrected chi connectivity index (χ0v) is 9.66. The van der Waals surface area contributed by atoms with Gasteiger partial charge in [-0.3, -0.25) is 0 Å². The van der Waals surface area contributed by atoms with Crippen molar-refractivity contribution in [2.45, 2.75) is 19.4 Å². The van der Waals surface area contributed by atoms with Gasteiger partial charge in [-0.1, -0.05) is 5.16 Å². The Labute approximate surface area is 98.5 Å². The third-order valence-corrected chi connectivity index (χ3v) is 3.06. The van der Waals surface area contributed by atoms with E-state index in [1.165, 1.54) is 5.56 Å². The summed E-state index contributed by atoms with van der Waals surface area (Å²) in [5.41, 5.74) is 8.73. The van der Waals surface area contributed by atoms with Crippen LogP contribution in [-0.4, -0.2) is 18.9 Å². The van der Waals surface area contributed by atoms with Crippen molar-refractivity contribution in [2.24, 2.45) is 0 Å². The van der Waals surface area contributed by atoms with E-state index in [1.807, 2.05) is 6.07 Å². The molecule has 0 aliphatic carbocycles. The highest BCUT2D eigenvalue weighted by atomic mass is 16.5. The first-order valence-electron chi connectivity index (χ1n) is 5.62. The molecule has 0 spiro atoms. The quantitative estimate of drug-likeness (QED) is 0.859. The average molecular weight is 234 g/mol. The summed E-state index contributed by atoms with van der Waals surface area (Å²) >= 11 is 0. The minimum Gasteiger partial charge on any atom is -0.492 e. The number of nitrogens with zero attached hydrogens (tertiary/aromatic N) is 1. The molecular weight excluding hydrogens is 220 g/mol. The highest BCUT2D eigenvalue weighted by Crippen LogP contribution is 2.39. The van der Waals surface area contributed by atoms with Crippen LogP contribution in [-0.2, 0) is 17.8 Å². The topological polar surface area (TPSA) is 70.5 Å². The zero-order chi connectivity index (χ0) is 11.8. The molecular formula is C12H14N2O3. The van der Waals surface area contributed by atoms with E-state index in [0.29, 0.717) is 24.6 Å². The Kier molecular flexibility index (Phi) is 2.40. The number of anilines is 1. The van der Waals surface area contributed by atoms with Gasteiger partial charge in [0.05, 0.1) is 13.2 Å². The molecule has 0 unspecified atom stereocenters. The van der Waals surface area contributed by atoms with Gasteiger partial charge < -0.3 is 19.7 Å². The van der Waals surface area contributed by atoms with Gasteiger partial charge in [-0.2, -0.15) is 0 Å². The molecule has 0 amide bonds. The molecule has 1 aliphatic heterocycles. The fraction of sp³-hybridized carbons (Fsp3) is 0.417. The third-order valence-electron chi connectivity index (χ3n) is 3.06. The van der Waals surface area contributed by atoms with E-state index in [2.05, 4.69) is 5.16 Å². The van der Waals surface area contributed by atoms with Gasteiger partial charge in [-0.15, -0.1) is 0 Å². The molecule has 0 saturated carbocycles. The van der Waals surface area contributed by atoms with E-state index >= 15 is 0 Å². The van der Waals surface area contributed by atoms with Crippen molar-refractivity contribution in [2.75, 3.05) is 19.5 Å². The van der Waals surface area contributed by atoms with Crippen LogP contribution in [0.3, 0.4) is 0 Å². The number of methoxy groups -OCH3 is 1. The molecule has 5 heteroatoms. The maximum absolute atomic E-state index is 5.81. The summed E-state index contributed by atoms with van der Waals surface area (Å²) < 4.78 is 16.1. The fourth-order valence-electron chi connectivity index (χ4n) is 2.33. The Morgan fingerprint density at radius 1 is 1.53 bits per heavy atom. The second-order valence-corrected chi connectivity index (χ2v) is 4.17. The van der Waals surface area contributed by atoms with E-state index in [9.17, 15) is 0 Å². The minimum atomic E-state index is 0.391. The van der Waals surface area contributed by atoms with Crippen LogP contribution >= 0.6 is 0 Å². The summed E-state index contributed by atoms with van der Waals surface area (Å²) in [7, 11) is 1.68. The Bertz CT molecular complexity index is 562. The van der Waals surface area contributed by atoms with Gasteiger partial charge in [0.25, 0.3) is 0 Å². The van der Waals surface area contributed by atoms with Crippen molar-refractivity contribution in [3.8, 4) is 5.75 Å². The standard InChI is InChI=1S/C12H14N2O3/c1-15-6-7-5-9-10(12(13)14-17-9)11-8(7)3-2-4-16-11/h5H,2-4,6H2,1H3,(H2,13,14). The van der Waals surface area contributed by atoms with Crippen molar-refractivity contribution in [3.05, 3.63) is 17.2 Å². The van der Waals surface area contributed by atoms with Gasteiger partial charge in [-0.25, -0.2) is 0 Å². The Morgan fingerprint density at radius 3 is 3.24 bits per heavy atom. The number of fused-ring (bicyclic) bond motifs is 3. The lowest BCUT2D eigenvalue weighted by Crippen LogP contribution is -2.11. The molecule has 1 aliphatic rings. The largest absolute Gasteiger partial charge is 0.492 e. The number of aromatic nitrogens is 1. The lowest BCUT2D eigenvalue weighted by molar-refractivity contribution is 0.182. The number of rotatable bonds is 2. The first kappa shape index (κ1) is 10.4. The van der Waals surface area contributed by atoms with Crippen LogP contribution in [0.2, 0.25) is 0 Å². The van der Waals surface area contributed by atoms with E-state index in [0.717, 1.165) is 29.5 Å². The third kappa shape index (κ3) is 1.54. The van der Waals surface area contributed by atoms with Crippen LogP contribution in [0.1, 0.15) is 17.5 Å². The van der Waals surface area contributed by atoms with Gasteiger partial charge in [-0.05, 0) is 24.5 Å². The number of ether oxygens (including phenoxy) is 2. The van der Waals surface area contributed by atoms with Crippen molar-refractivity contribution in [1.82, 2.24) is 5.16 Å². The van der Waals surface area contributed by atoms with Crippen LogP contribution in [0.15, 0.2) is 10.6 Å². The highest BCUT2D eigenvalue weighted by molar-refractivity contribution is 5.94. The molecule has 2 heterocycles. The monoisotopic (exact) mass is 234 g/mol. The van der Waals surface area contributed by atoms with Crippen molar-refractivity contribution < 1.29 is 14.0 Å². The molecule has 2 aromatic rings. The summed E-state index contributed by atoms with van der Waals surface area (Å²) in [6.45, 7) is 1.26. The highest BCUT2D eigenvalue weighted by Gasteiger charge is 2.22. The lowest BCUT2D eigenvalue weighted by Gasteiger charge is -2.20. The van der Waals surface area contributed by atoms with Gasteiger partial charge in [0.15, 0.2) is 11.4 Å². The number of nitrogens with two attached hydrogens (primary N) is 1. The second kappa shape index (κ2) is 3.92. The second-order valence-electron chi connectivity index (χ2n) is 4.17. The fourth-order valence-corrected chi connectivity index (χ4v) is 2.33. The number of hydrogen-bond donors (Lipinski definition) is 1. The minimum absolute atomic E-state index is 0.391. The Hall–Kier alpha value is -1.75. The molecule has 1 aromatic carbocycles. The van der Waals surface area contributed by atoms with E-state index < -0.39 is 0 Å². The first-order valence-corrected chi connectivity index (χ1v) is 5.62. The average Bonchev–Trinajstić information content (AvgIpc) is 2.72. The van der Waals surface area contributed by atoms with Gasteiger partial charge in [0.2, 0.25) is 0 Å². The summed E-state index contributed by atoms with van der Waals surface area (Å²) in [4.78, 5) is 0. The molecule has 5 nitrogen and oxygen atoms in total. The van der Waals surface area contributed by atoms with Crippen molar-refractivity contribution in [1.29, 1.82) is 0 Å². The smallest absolute Gasteiger partial charge is 0.178 e. The molecule has 2 N–H and O–H groups in total. The van der Waals surface area contributed by atoms with Crippen LogP contribution < -0.4 is 10.5 Å². The number of hydrogen-bond acceptors (Lipinski definition) is 5. The lowest BCUT2D eigenvalue weighted by atomic mass is 9.98. The summed E-state index contributed by atoms with van der Waals surface area (Å²) in [5, 5.41) is 4.58. The molecule has 0 bridgehead atoms. The molecule has 1 aromatic heterocycles. The summed E-state index contributed by atoms with van der Waals surface area (Å²) in [5.74, 6) is 1.21. The predicted octanol–water partition coefficient (Wildman–Crippen LogP) is 1.88. The van der Waals surface area contributed by atoms with E-state index in [4.69, 9.17) is 19.7 Å². The molecule has 0 saturated heterocycles. The maximum Gasteiger partial charge on any atom is 0.178 e. The van der Waals surface area contributed by atoms with Gasteiger partial charge >= 0.3 is 0 Å². The normalized spacial score (nSPS) is 14.6. The molecule has 17 heavy (non-hydrogen) atoms. The Balaban J connectivity index is 2.29. The van der Waals surface area contributed by atoms with Crippen LogP contribution in [0, 0.1) is 0 Å². The number of benzene rings is 1. The summed E-state index contributed by atoms with van der Waals surface area (Å²) in [6.07, 6.45) is 2.00. The van der Waals surface area contributed by atoms with Gasteiger partial charge in [0, 0.05) is 12.7 Å². The molecule has 0 atom stereocenters. The summed E-state index contributed by atoms with van der Waals surface area (Å²) in [6, 6.07) is 1.94. The van der Waals surface area contributed by atoms with E-state index in [1.54, 1.807) is 7.11 Å². The zero-order valence-electron chi connectivity index (χ0n) is 9.66. The SMILES string of the molecule is COCc1cc2onc(N)c2c2c1CCCO2. The van der Waals surface area contributed by atoms with Crippen molar-refractivity contribution >= 4 is 16.8 Å². The van der Waals surface area contributed by atoms with Crippen LogP contribution in [0.4, 0.5) is 5.82 Å². The maximum atomic E-state index is 5.81. The predicted molar refractivity (Wildman–Crippen MR) is 63.0 cm³/mol. The molecule has 90 valence electrons. The molecule has 3 rings (SSSR count). The Morgan fingerprint density at radius 2 is 2.41 bits per heavy atom. The van der Waals surface area contributed by atoms with Crippen molar-refractivity contribution in [3.63, 3.8) is 0 Å². The van der Waals surface area contributed by atoms with Crippen LogP contribution in [0.25, 0.3) is 11.0 Å². The number of nitrogen functional groups attached to an aromatic ring is 1.